The number of nitrogens with one attached hydrogen (secondary N) is 2. The van der Waals surface area contributed by atoms with Gasteiger partial charge in [-0.2, -0.15) is 0 Å². The van der Waals surface area contributed by atoms with Crippen molar-refractivity contribution in [1.82, 2.24) is 24.3 Å². The summed E-state index contributed by atoms with van der Waals surface area (Å²) in [7, 11) is 3.51. The highest BCUT2D eigenvalue weighted by Gasteiger charge is 2.16. The minimum atomic E-state index is -0.0296. The second kappa shape index (κ2) is 9.01. The lowest BCUT2D eigenvalue weighted by Gasteiger charge is -2.28. The zero-order chi connectivity index (χ0) is 24.6. The molecule has 9 nitrogen and oxygen atoms in total. The van der Waals surface area contributed by atoms with Gasteiger partial charge in [0.05, 0.1) is 24.5 Å². The summed E-state index contributed by atoms with van der Waals surface area (Å²) in [6.07, 6.45) is 7.40. The third-order valence-corrected chi connectivity index (χ3v) is 6.49. The number of anilines is 3. The molecule has 1 fully saturated rings. The maximum Gasteiger partial charge on any atom is 0.255 e. The van der Waals surface area contributed by atoms with Crippen LogP contribution in [0.25, 0.3) is 27.8 Å². The van der Waals surface area contributed by atoms with Gasteiger partial charge < -0.3 is 29.2 Å². The zero-order valence-corrected chi connectivity index (χ0v) is 20.2. The van der Waals surface area contributed by atoms with Gasteiger partial charge >= 0.3 is 0 Å². The molecule has 0 saturated carbocycles. The number of hydrogen-bond acceptors (Lipinski definition) is 6. The van der Waals surface area contributed by atoms with Crippen molar-refractivity contribution < 1.29 is 9.53 Å². The van der Waals surface area contributed by atoms with Crippen molar-refractivity contribution in [3.05, 3.63) is 72.8 Å². The molecule has 1 saturated heterocycles. The zero-order valence-electron chi connectivity index (χ0n) is 20.2. The normalized spacial score (nSPS) is 13.9. The summed E-state index contributed by atoms with van der Waals surface area (Å²) in [5.74, 6) is 0.643. The highest BCUT2D eigenvalue weighted by Crippen LogP contribution is 2.29. The minimum Gasteiger partial charge on any atom is -0.378 e. The number of rotatable bonds is 5. The molecule has 182 valence electrons. The smallest absolute Gasteiger partial charge is 0.255 e. The summed E-state index contributed by atoms with van der Waals surface area (Å²) in [5.41, 5.74) is 6.15. The van der Waals surface area contributed by atoms with Crippen LogP contribution in [-0.4, -0.2) is 70.6 Å². The summed E-state index contributed by atoms with van der Waals surface area (Å²) in [6.45, 7) is 3.33. The van der Waals surface area contributed by atoms with Gasteiger partial charge in [0.2, 0.25) is 0 Å². The van der Waals surface area contributed by atoms with E-state index in [-0.39, 0.29) is 5.91 Å². The van der Waals surface area contributed by atoms with Gasteiger partial charge in [0.15, 0.2) is 11.5 Å². The van der Waals surface area contributed by atoms with Crippen LogP contribution in [0.1, 0.15) is 10.4 Å². The van der Waals surface area contributed by atoms with Crippen molar-refractivity contribution in [3.63, 3.8) is 0 Å². The molecule has 1 amide bonds. The molecule has 6 rings (SSSR count). The molecule has 4 heterocycles. The van der Waals surface area contributed by atoms with E-state index in [9.17, 15) is 4.79 Å². The van der Waals surface area contributed by atoms with Crippen LogP contribution in [0.3, 0.4) is 0 Å². The molecule has 0 spiro atoms. The van der Waals surface area contributed by atoms with Gasteiger partial charge in [-0.25, -0.2) is 9.97 Å². The number of aromatic amines is 1. The molecular formula is C27H27N7O2. The third kappa shape index (κ3) is 4.03. The Morgan fingerprint density at radius 3 is 2.69 bits per heavy atom. The monoisotopic (exact) mass is 481 g/mol. The summed E-state index contributed by atoms with van der Waals surface area (Å²) in [5, 5.41) is 4.34. The van der Waals surface area contributed by atoms with Crippen LogP contribution in [-0.2, 0) is 4.74 Å². The quantitative estimate of drug-likeness (QED) is 0.392. The van der Waals surface area contributed by atoms with Gasteiger partial charge in [0.1, 0.15) is 0 Å². The number of carbonyl (C=O) groups excluding carboxylic acids is 1. The van der Waals surface area contributed by atoms with Crippen molar-refractivity contribution in [1.29, 1.82) is 0 Å². The lowest BCUT2D eigenvalue weighted by Crippen LogP contribution is -2.36. The number of benzene rings is 2. The molecule has 2 aromatic carbocycles. The largest absolute Gasteiger partial charge is 0.378 e. The summed E-state index contributed by atoms with van der Waals surface area (Å²) >= 11 is 0. The van der Waals surface area contributed by atoms with Crippen LogP contribution < -0.4 is 10.2 Å². The van der Waals surface area contributed by atoms with E-state index in [1.54, 1.807) is 31.4 Å². The first-order chi connectivity index (χ1) is 17.6. The maximum absolute atomic E-state index is 12.5. The van der Waals surface area contributed by atoms with Crippen LogP contribution in [0.2, 0.25) is 0 Å². The van der Waals surface area contributed by atoms with Gasteiger partial charge in [0.25, 0.3) is 5.91 Å². The molecule has 1 aliphatic heterocycles. The number of carbonyl (C=O) groups is 1. The van der Waals surface area contributed by atoms with Crippen molar-refractivity contribution in [2.75, 3.05) is 50.6 Å². The Balaban J connectivity index is 1.32. The number of amides is 1. The number of imidazole rings is 1. The van der Waals surface area contributed by atoms with E-state index in [1.807, 2.05) is 35.0 Å². The first-order valence-corrected chi connectivity index (χ1v) is 11.9. The Labute approximate surface area is 208 Å². The topological polar surface area (TPSA) is 90.8 Å². The third-order valence-electron chi connectivity index (χ3n) is 6.49. The molecule has 2 N–H and O–H groups in total. The molecule has 36 heavy (non-hydrogen) atoms. The van der Waals surface area contributed by atoms with Crippen LogP contribution in [0, 0.1) is 0 Å². The summed E-state index contributed by atoms with van der Waals surface area (Å²) in [4.78, 5) is 29.0. The standard InChI is InChI=1S/C27H27N7O2/c1-32(2)27(35)22-16-29-23-15-18(3-8-21(22)23)24-17-34-10-9-28-26(34)25(31-24)30-19-4-6-20(7-5-19)33-11-13-36-14-12-33/h3-10,15-17,29H,11-14H2,1-2H3,(H,30,31). The average Bonchev–Trinajstić information content (AvgIpc) is 3.56. The average molecular weight is 482 g/mol. The fraction of sp³-hybridized carbons (Fsp3) is 0.222. The van der Waals surface area contributed by atoms with Gasteiger partial charge in [-0.05, 0) is 30.3 Å². The van der Waals surface area contributed by atoms with Crippen molar-refractivity contribution >= 4 is 39.6 Å². The second-order valence-electron chi connectivity index (χ2n) is 9.07. The van der Waals surface area contributed by atoms with E-state index in [0.29, 0.717) is 11.4 Å². The predicted molar refractivity (Wildman–Crippen MR) is 141 cm³/mol. The van der Waals surface area contributed by atoms with E-state index < -0.39 is 0 Å². The molecular weight excluding hydrogens is 454 g/mol. The number of nitrogens with zero attached hydrogens (tertiary/aromatic N) is 5. The van der Waals surface area contributed by atoms with Crippen LogP contribution in [0.15, 0.2) is 67.3 Å². The van der Waals surface area contributed by atoms with Gasteiger partial charge in [0, 0.05) is 79.8 Å². The maximum atomic E-state index is 12.5. The Morgan fingerprint density at radius 1 is 1.11 bits per heavy atom. The molecule has 5 aromatic rings. The molecule has 0 atom stereocenters. The fourth-order valence-corrected chi connectivity index (χ4v) is 4.57. The predicted octanol–water partition coefficient (Wildman–Crippen LogP) is 4.16. The fourth-order valence-electron chi connectivity index (χ4n) is 4.57. The molecule has 0 aliphatic carbocycles. The lowest BCUT2D eigenvalue weighted by atomic mass is 10.1. The Hall–Kier alpha value is -4.37. The van der Waals surface area contributed by atoms with Crippen LogP contribution in [0.4, 0.5) is 17.2 Å². The number of hydrogen-bond donors (Lipinski definition) is 2. The van der Waals surface area contributed by atoms with E-state index >= 15 is 0 Å². The summed E-state index contributed by atoms with van der Waals surface area (Å²) < 4.78 is 7.42. The number of aromatic nitrogens is 4. The molecule has 0 radical (unpaired) electrons. The first-order valence-electron chi connectivity index (χ1n) is 11.9. The van der Waals surface area contributed by atoms with E-state index in [1.165, 1.54) is 5.69 Å². The first kappa shape index (κ1) is 22.1. The summed E-state index contributed by atoms with van der Waals surface area (Å²) in [6, 6.07) is 14.3. The number of ether oxygens (including phenoxy) is 1. The molecule has 3 aromatic heterocycles. The van der Waals surface area contributed by atoms with Crippen LogP contribution >= 0.6 is 0 Å². The van der Waals surface area contributed by atoms with E-state index in [0.717, 1.165) is 59.8 Å². The SMILES string of the molecule is CN(C)C(=O)c1c[nH]c2cc(-c3cn4ccnc4c(Nc4ccc(N5CCOCC5)cc4)n3)ccc12. The van der Waals surface area contributed by atoms with Gasteiger partial charge in [-0.1, -0.05) is 12.1 Å². The van der Waals surface area contributed by atoms with Crippen LogP contribution in [0.5, 0.6) is 0 Å². The van der Waals surface area contributed by atoms with Gasteiger partial charge in [-0.3, -0.25) is 4.79 Å². The van der Waals surface area contributed by atoms with Crippen molar-refractivity contribution in [3.8, 4) is 11.3 Å². The number of H-pyrrole nitrogens is 1. The Bertz CT molecular complexity index is 1550. The Kier molecular flexibility index (Phi) is 5.54. The minimum absolute atomic E-state index is 0.0296. The number of morpholine rings is 1. The highest BCUT2D eigenvalue weighted by atomic mass is 16.5. The molecule has 9 heteroatoms. The van der Waals surface area contributed by atoms with Crippen molar-refractivity contribution in [2.24, 2.45) is 0 Å². The second-order valence-corrected chi connectivity index (χ2v) is 9.07. The van der Waals surface area contributed by atoms with E-state index in [4.69, 9.17) is 9.72 Å². The molecule has 0 unspecified atom stereocenters. The number of fused-ring (bicyclic) bond motifs is 2. The Morgan fingerprint density at radius 2 is 1.92 bits per heavy atom. The highest BCUT2D eigenvalue weighted by molar-refractivity contribution is 6.07. The van der Waals surface area contributed by atoms with E-state index in [2.05, 4.69) is 44.5 Å². The molecule has 1 aliphatic rings. The van der Waals surface area contributed by atoms with Gasteiger partial charge in [-0.15, -0.1) is 0 Å². The molecule has 0 bridgehead atoms. The van der Waals surface area contributed by atoms with Crippen molar-refractivity contribution in [2.45, 2.75) is 0 Å². The lowest BCUT2D eigenvalue weighted by molar-refractivity contribution is 0.0829.